The Kier molecular flexibility index (Phi) is 6.67. The van der Waals surface area contributed by atoms with E-state index in [4.69, 9.17) is 14.2 Å². The molecule has 0 aromatic heterocycles. The number of ether oxygens (including phenoxy) is 3. The highest BCUT2D eigenvalue weighted by Crippen LogP contribution is 2.23. The fourth-order valence-electron chi connectivity index (χ4n) is 3.37. The highest BCUT2D eigenvalue weighted by Gasteiger charge is 2.35. The molecule has 1 unspecified atom stereocenters. The van der Waals surface area contributed by atoms with Crippen LogP contribution in [0.4, 0.5) is 4.79 Å². The molecule has 0 bridgehead atoms. The van der Waals surface area contributed by atoms with Gasteiger partial charge in [0, 0.05) is 12.6 Å². The molecule has 3 rings (SSSR count). The van der Waals surface area contributed by atoms with E-state index in [1.165, 1.54) is 0 Å². The number of likely N-dealkylation sites (tertiary alicyclic amines) is 1. The summed E-state index contributed by atoms with van der Waals surface area (Å²) in [6, 6.07) is 9.53. The van der Waals surface area contributed by atoms with Crippen molar-refractivity contribution in [2.45, 2.75) is 57.1 Å². The molecule has 25 heavy (non-hydrogen) atoms. The van der Waals surface area contributed by atoms with Crippen LogP contribution in [0.3, 0.4) is 0 Å². The molecular formula is C19H27NO5. The predicted octanol–water partition coefficient (Wildman–Crippen LogP) is 2.69. The monoisotopic (exact) mass is 349 g/mol. The van der Waals surface area contributed by atoms with Gasteiger partial charge >= 0.3 is 6.09 Å². The van der Waals surface area contributed by atoms with E-state index in [0.717, 1.165) is 31.4 Å². The SMILES string of the molecule is O=C(OCc1ccccc1)N1C[C@H](O)C[C@@H]1CCOC1CCCCO1. The molecular weight excluding hydrogens is 322 g/mol. The maximum absolute atomic E-state index is 12.4. The zero-order valence-corrected chi connectivity index (χ0v) is 14.5. The Morgan fingerprint density at radius 2 is 2.12 bits per heavy atom. The molecule has 1 N–H and O–H groups in total. The third-order valence-corrected chi connectivity index (χ3v) is 4.72. The van der Waals surface area contributed by atoms with Gasteiger partial charge in [-0.1, -0.05) is 30.3 Å². The van der Waals surface area contributed by atoms with E-state index in [-0.39, 0.29) is 25.0 Å². The van der Waals surface area contributed by atoms with Gasteiger partial charge in [-0.05, 0) is 37.7 Å². The Morgan fingerprint density at radius 3 is 2.88 bits per heavy atom. The third-order valence-electron chi connectivity index (χ3n) is 4.72. The number of hydrogen-bond donors (Lipinski definition) is 1. The van der Waals surface area contributed by atoms with E-state index in [0.29, 0.717) is 26.0 Å². The highest BCUT2D eigenvalue weighted by molar-refractivity contribution is 5.68. The van der Waals surface area contributed by atoms with Gasteiger partial charge in [0.2, 0.25) is 0 Å². The van der Waals surface area contributed by atoms with Gasteiger partial charge in [-0.3, -0.25) is 0 Å². The summed E-state index contributed by atoms with van der Waals surface area (Å²) in [4.78, 5) is 14.0. The zero-order valence-electron chi connectivity index (χ0n) is 14.5. The molecule has 1 aromatic rings. The molecule has 1 aromatic carbocycles. The molecule has 0 spiro atoms. The first-order valence-corrected chi connectivity index (χ1v) is 9.11. The maximum atomic E-state index is 12.4. The van der Waals surface area contributed by atoms with E-state index in [1.54, 1.807) is 4.90 Å². The predicted molar refractivity (Wildman–Crippen MR) is 91.9 cm³/mol. The van der Waals surface area contributed by atoms with Crippen LogP contribution in [0.1, 0.15) is 37.7 Å². The quantitative estimate of drug-likeness (QED) is 0.855. The van der Waals surface area contributed by atoms with Crippen molar-refractivity contribution in [2.75, 3.05) is 19.8 Å². The van der Waals surface area contributed by atoms with Crippen molar-refractivity contribution in [2.24, 2.45) is 0 Å². The summed E-state index contributed by atoms with van der Waals surface area (Å²) in [7, 11) is 0. The largest absolute Gasteiger partial charge is 0.445 e. The second-order valence-corrected chi connectivity index (χ2v) is 6.69. The lowest BCUT2D eigenvalue weighted by molar-refractivity contribution is -0.164. The Hall–Kier alpha value is -1.63. The molecule has 0 saturated carbocycles. The van der Waals surface area contributed by atoms with Crippen LogP contribution in [0.15, 0.2) is 30.3 Å². The number of benzene rings is 1. The van der Waals surface area contributed by atoms with E-state index >= 15 is 0 Å². The summed E-state index contributed by atoms with van der Waals surface area (Å²) in [5, 5.41) is 9.94. The highest BCUT2D eigenvalue weighted by atomic mass is 16.7. The van der Waals surface area contributed by atoms with Gasteiger partial charge in [0.15, 0.2) is 6.29 Å². The molecule has 2 heterocycles. The Balaban J connectivity index is 1.44. The second-order valence-electron chi connectivity index (χ2n) is 6.69. The minimum atomic E-state index is -0.500. The Morgan fingerprint density at radius 1 is 1.28 bits per heavy atom. The Bertz CT molecular complexity index is 532. The van der Waals surface area contributed by atoms with Crippen molar-refractivity contribution in [3.8, 4) is 0 Å². The topological polar surface area (TPSA) is 68.2 Å². The van der Waals surface area contributed by atoms with Crippen LogP contribution >= 0.6 is 0 Å². The van der Waals surface area contributed by atoms with Gasteiger partial charge in [-0.15, -0.1) is 0 Å². The van der Waals surface area contributed by atoms with Gasteiger partial charge in [-0.25, -0.2) is 4.79 Å². The molecule has 2 aliphatic rings. The van der Waals surface area contributed by atoms with Crippen molar-refractivity contribution in [1.29, 1.82) is 0 Å². The van der Waals surface area contributed by atoms with Crippen molar-refractivity contribution >= 4 is 6.09 Å². The number of rotatable bonds is 6. The second kappa shape index (κ2) is 9.17. The molecule has 2 fully saturated rings. The summed E-state index contributed by atoms with van der Waals surface area (Å²) < 4.78 is 16.7. The number of hydrogen-bond acceptors (Lipinski definition) is 5. The summed E-state index contributed by atoms with van der Waals surface area (Å²) >= 11 is 0. The van der Waals surface area contributed by atoms with Crippen LogP contribution in [-0.4, -0.2) is 54.3 Å². The molecule has 2 aliphatic heterocycles. The molecule has 6 heteroatoms. The number of carbonyl (C=O) groups is 1. The third kappa shape index (κ3) is 5.42. The van der Waals surface area contributed by atoms with Crippen LogP contribution in [-0.2, 0) is 20.8 Å². The van der Waals surface area contributed by atoms with E-state index in [1.807, 2.05) is 30.3 Å². The lowest BCUT2D eigenvalue weighted by atomic mass is 10.1. The van der Waals surface area contributed by atoms with E-state index in [2.05, 4.69) is 0 Å². The van der Waals surface area contributed by atoms with Crippen LogP contribution < -0.4 is 0 Å². The molecule has 0 aliphatic carbocycles. The summed E-state index contributed by atoms with van der Waals surface area (Å²) in [5.74, 6) is 0. The zero-order chi connectivity index (χ0) is 17.5. The van der Waals surface area contributed by atoms with Crippen LogP contribution in [0.5, 0.6) is 0 Å². The van der Waals surface area contributed by atoms with Gasteiger partial charge in [0.05, 0.1) is 19.3 Å². The van der Waals surface area contributed by atoms with Gasteiger partial charge in [0.25, 0.3) is 0 Å². The van der Waals surface area contributed by atoms with Gasteiger partial charge in [-0.2, -0.15) is 0 Å². The molecule has 6 nitrogen and oxygen atoms in total. The van der Waals surface area contributed by atoms with Crippen molar-refractivity contribution in [3.63, 3.8) is 0 Å². The van der Waals surface area contributed by atoms with Crippen molar-refractivity contribution in [1.82, 2.24) is 4.90 Å². The van der Waals surface area contributed by atoms with E-state index in [9.17, 15) is 9.90 Å². The number of aliphatic hydroxyl groups is 1. The fourth-order valence-corrected chi connectivity index (χ4v) is 3.37. The van der Waals surface area contributed by atoms with E-state index < -0.39 is 6.10 Å². The molecule has 3 atom stereocenters. The standard InChI is InChI=1S/C19H27NO5/c21-17-12-16(9-11-24-18-8-4-5-10-23-18)20(13-17)19(22)25-14-15-6-2-1-3-7-15/h1-3,6-7,16-18,21H,4-5,8-14H2/t16-,17+,18?/m0/s1. The minimum Gasteiger partial charge on any atom is -0.445 e. The van der Waals surface area contributed by atoms with Gasteiger partial charge < -0.3 is 24.2 Å². The summed E-state index contributed by atoms with van der Waals surface area (Å²) in [6.07, 6.45) is 3.39. The number of nitrogens with zero attached hydrogens (tertiary/aromatic N) is 1. The normalized spacial score (nSPS) is 26.6. The molecule has 138 valence electrons. The summed E-state index contributed by atoms with van der Waals surface area (Å²) in [5.41, 5.74) is 0.949. The number of aliphatic hydroxyl groups excluding tert-OH is 1. The number of amides is 1. The van der Waals surface area contributed by atoms with Crippen LogP contribution in [0.25, 0.3) is 0 Å². The fraction of sp³-hybridized carbons (Fsp3) is 0.632. The lowest BCUT2D eigenvalue weighted by Crippen LogP contribution is -2.37. The first-order chi connectivity index (χ1) is 12.2. The number of β-amino-alcohol motifs (C(OH)–C–C–N with tert-alkyl or cyclic N) is 1. The number of carbonyl (C=O) groups excluding carboxylic acids is 1. The average molecular weight is 349 g/mol. The average Bonchev–Trinajstić information content (AvgIpc) is 3.02. The van der Waals surface area contributed by atoms with Crippen molar-refractivity contribution < 1.29 is 24.1 Å². The maximum Gasteiger partial charge on any atom is 0.410 e. The first kappa shape index (κ1) is 18.2. The first-order valence-electron chi connectivity index (χ1n) is 9.11. The molecule has 1 amide bonds. The summed E-state index contributed by atoms with van der Waals surface area (Å²) in [6.45, 7) is 1.83. The van der Waals surface area contributed by atoms with Crippen LogP contribution in [0.2, 0.25) is 0 Å². The van der Waals surface area contributed by atoms with Gasteiger partial charge in [0.1, 0.15) is 6.61 Å². The Labute approximate surface area is 148 Å². The molecule has 0 radical (unpaired) electrons. The van der Waals surface area contributed by atoms with Crippen LogP contribution in [0, 0.1) is 0 Å². The van der Waals surface area contributed by atoms with Crippen molar-refractivity contribution in [3.05, 3.63) is 35.9 Å². The minimum absolute atomic E-state index is 0.0538. The smallest absolute Gasteiger partial charge is 0.410 e. The molecule has 2 saturated heterocycles. The lowest BCUT2D eigenvalue weighted by Gasteiger charge is -2.26.